The molecule has 0 spiro atoms. The maximum Gasteiger partial charge on any atom is 0.307 e. The lowest BCUT2D eigenvalue weighted by Gasteiger charge is -2.17. The fourth-order valence-electron chi connectivity index (χ4n) is 14.5. The molecule has 1 amide bonds. The van der Waals surface area contributed by atoms with Crippen LogP contribution in [0.3, 0.4) is 0 Å². The van der Waals surface area contributed by atoms with E-state index in [2.05, 4.69) is 55.3 Å². The van der Waals surface area contributed by atoms with Gasteiger partial charge in [0.05, 0.1) is 64.8 Å². The molecule has 23 heteroatoms. The topological polar surface area (TPSA) is 298 Å². The quantitative estimate of drug-likeness (QED) is 0.0169. The average molecular weight is 1660 g/mol. The molecule has 4 aromatic heterocycles. The lowest BCUT2D eigenvalue weighted by atomic mass is 9.97. The third kappa shape index (κ3) is 24.0. The van der Waals surface area contributed by atoms with Crippen molar-refractivity contribution < 1.29 is 48.7 Å². The van der Waals surface area contributed by atoms with Crippen molar-refractivity contribution >= 4 is 29.1 Å². The number of aromatic amines is 2. The third-order valence-corrected chi connectivity index (χ3v) is 21.7. The Hall–Kier alpha value is -12.9. The Morgan fingerprint density at radius 2 is 0.959 bits per heavy atom. The molecule has 0 aliphatic heterocycles. The van der Waals surface area contributed by atoms with E-state index in [1.54, 1.807) is 113 Å². The number of carbonyl (C=O) groups excluding carboxylic acids is 4. The Bertz CT molecular complexity index is 5880. The predicted molar refractivity (Wildman–Crippen MR) is 482 cm³/mol. The molecule has 0 radical (unpaired) electrons. The van der Waals surface area contributed by atoms with Crippen molar-refractivity contribution in [2.24, 2.45) is 5.92 Å². The largest absolute Gasteiger partial charge is 0.507 e. The molecule has 12 rings (SSSR count). The van der Waals surface area contributed by atoms with Crippen molar-refractivity contribution in [1.29, 1.82) is 0 Å². The van der Waals surface area contributed by atoms with E-state index >= 15 is 0 Å². The van der Waals surface area contributed by atoms with Crippen LogP contribution in [0.1, 0.15) is 176 Å². The highest BCUT2D eigenvalue weighted by Crippen LogP contribution is 2.31. The van der Waals surface area contributed by atoms with Gasteiger partial charge in [0.1, 0.15) is 17.2 Å². The number of unbranched alkanes of at least 4 members (excludes halogenated alkanes) is 7. The molecule has 0 aliphatic rings. The van der Waals surface area contributed by atoms with Crippen LogP contribution >= 0.6 is 0 Å². The first-order valence-electron chi connectivity index (χ1n) is 42.0. The number of Topliss-reactive ketones (excluding diaryl/α,β-unsaturated/α-hetero) is 2. The van der Waals surface area contributed by atoms with E-state index in [1.807, 2.05) is 146 Å². The van der Waals surface area contributed by atoms with Crippen molar-refractivity contribution in [3.8, 4) is 63.0 Å². The van der Waals surface area contributed by atoms with Gasteiger partial charge in [0.25, 0.3) is 22.2 Å². The minimum absolute atomic E-state index is 0.0711. The second-order valence-corrected chi connectivity index (χ2v) is 31.9. The zero-order valence-electron chi connectivity index (χ0n) is 73.6. The number of phenols is 1. The number of para-hydroxylation sites is 4. The Labute approximate surface area is 714 Å². The number of rotatable bonds is 32. The summed E-state index contributed by atoms with van der Waals surface area (Å²) in [5, 5.41) is 40.5. The molecule has 122 heavy (non-hydrogen) atoms. The van der Waals surface area contributed by atoms with Gasteiger partial charge in [-0.1, -0.05) is 186 Å². The zero-order valence-corrected chi connectivity index (χ0v) is 73.6. The highest BCUT2D eigenvalue weighted by atomic mass is 16.5. The van der Waals surface area contributed by atoms with Gasteiger partial charge in [0, 0.05) is 47.7 Å². The second-order valence-electron chi connectivity index (χ2n) is 31.9. The Balaban J connectivity index is 0.000000198. The molecule has 8 aromatic carbocycles. The first-order valence-corrected chi connectivity index (χ1v) is 42.0. The number of hydrogen-bond acceptors (Lipinski definition) is 14. The number of benzene rings is 8. The number of hydrogen-bond donors (Lipinski definition) is 6. The molecule has 0 fully saturated rings. The number of nitrogens with zero attached hydrogens (tertiary/aromatic N) is 6. The number of aryl methyl sites for hydroxylation is 8. The van der Waals surface area contributed by atoms with Gasteiger partial charge in [0.2, 0.25) is 17.7 Å². The molecule has 4 heterocycles. The molecular weight excluding hydrogens is 1540 g/mol. The molecule has 0 aliphatic carbocycles. The van der Waals surface area contributed by atoms with Crippen LogP contribution in [0.15, 0.2) is 195 Å². The molecule has 2 atom stereocenters. The molecule has 2 unspecified atom stereocenters. The molecule has 644 valence electrons. The summed E-state index contributed by atoms with van der Waals surface area (Å²) in [7, 11) is 0. The van der Waals surface area contributed by atoms with Crippen molar-refractivity contribution in [2.75, 3.05) is 11.9 Å². The van der Waals surface area contributed by atoms with Crippen LogP contribution in [0.2, 0.25) is 0 Å². The summed E-state index contributed by atoms with van der Waals surface area (Å²) >= 11 is 0. The summed E-state index contributed by atoms with van der Waals surface area (Å²) in [5.74, 6) is 0.488. The fraction of sp³-hybridized carbons (Fsp3) is 0.354. The van der Waals surface area contributed by atoms with Gasteiger partial charge < -0.3 is 34.8 Å². The number of amides is 1. The van der Waals surface area contributed by atoms with Gasteiger partial charge in [-0.15, -0.1) is 0 Å². The summed E-state index contributed by atoms with van der Waals surface area (Å²) < 4.78 is 26.2. The smallest absolute Gasteiger partial charge is 0.307 e. The summed E-state index contributed by atoms with van der Waals surface area (Å²) in [4.78, 5) is 101. The number of nitrogens with one attached hydrogen (secondary N) is 3. The van der Waals surface area contributed by atoms with E-state index in [-0.39, 0.29) is 94.9 Å². The standard InChI is InChI=1S/C40H42N2O6.C28H44N2O4.C16H14N2O2.C15H19N3O2/c1-24-14-16-37(26(3)18-24)47-29(6)35(43)22-31-10-8-12-33(20-31)41-39(45)28(5)40(46)42(41)34-13-9-11-32(21-34)23-36(44)30(7)48-38-17-15-25(2)19-27(38)4;1-6-7-8-9-10-11-12-13-18-34-26(31)15-17-30-28(33)24(5)27(32)29(30)16-14-25-22(3)19-21(2)20-23(25)4;1-11-15(13-9-5-6-10-14(13)19)17-18(16(11)20)12-7-3-2-4-8-12;1-9(2)14(19)16-12-7-5-6-8-13(12)18-15(20)10(3)11(4)17-18/h8-21,29-30,45H,22-23H2,1-7H3;19-20,33H,6-18H2,1-5H3;2-10,17,19H,1H3;5-9,17H,1-4H3,(H,16,19). The third-order valence-electron chi connectivity index (χ3n) is 21.7. The van der Waals surface area contributed by atoms with Gasteiger partial charge >= 0.3 is 5.97 Å². The molecule has 0 saturated carbocycles. The van der Waals surface area contributed by atoms with E-state index in [9.17, 15) is 53.7 Å². The van der Waals surface area contributed by atoms with Crippen LogP contribution < -0.4 is 37.0 Å². The average Bonchev–Trinajstić information content (AvgIpc) is 1.61. The predicted octanol–water partition coefficient (Wildman–Crippen LogP) is 18.2. The number of ketones is 2. The first kappa shape index (κ1) is 93.0. The minimum atomic E-state index is -0.674. The van der Waals surface area contributed by atoms with E-state index in [4.69, 9.17) is 14.2 Å². The maximum absolute atomic E-state index is 13.5. The maximum atomic E-state index is 13.5. The van der Waals surface area contributed by atoms with Crippen LogP contribution in [-0.4, -0.2) is 95.9 Å². The van der Waals surface area contributed by atoms with Gasteiger partial charge in [-0.3, -0.25) is 53.2 Å². The highest BCUT2D eigenvalue weighted by Gasteiger charge is 2.25. The van der Waals surface area contributed by atoms with Gasteiger partial charge in [-0.25, -0.2) is 23.4 Å². The molecule has 12 aromatic rings. The van der Waals surface area contributed by atoms with Crippen molar-refractivity contribution in [1.82, 2.24) is 38.3 Å². The van der Waals surface area contributed by atoms with Crippen LogP contribution in [0.4, 0.5) is 5.69 Å². The van der Waals surface area contributed by atoms with Gasteiger partial charge in [-0.2, -0.15) is 0 Å². The van der Waals surface area contributed by atoms with Gasteiger partial charge in [-0.05, 0) is 222 Å². The number of ether oxygens (including phenoxy) is 3. The number of carbonyl (C=O) groups is 4. The Morgan fingerprint density at radius 3 is 1.51 bits per heavy atom. The fourth-order valence-corrected chi connectivity index (χ4v) is 14.5. The molecule has 0 saturated heterocycles. The van der Waals surface area contributed by atoms with E-state index in [0.717, 1.165) is 46.5 Å². The normalized spacial score (nSPS) is 11.5. The number of aromatic hydroxyl groups is 3. The van der Waals surface area contributed by atoms with E-state index in [1.165, 1.54) is 84.2 Å². The van der Waals surface area contributed by atoms with Crippen LogP contribution in [-0.2, 0) is 56.3 Å². The molecule has 6 N–H and O–H groups in total. The minimum Gasteiger partial charge on any atom is -0.507 e. The number of H-pyrrole nitrogens is 2. The first-order chi connectivity index (χ1) is 58.2. The van der Waals surface area contributed by atoms with Crippen LogP contribution in [0, 0.1) is 89.0 Å². The van der Waals surface area contributed by atoms with Crippen molar-refractivity contribution in [3.63, 3.8) is 0 Å². The zero-order chi connectivity index (χ0) is 88.8. The SMILES string of the molecule is CCCCCCCCCCOC(=O)CCn1c(O)c(C)c(=O)n1CCc1c(C)cc(C)cc1C.Cc1[nH]n(-c2ccccc2NC(=O)C(C)C)c(=O)c1C.Cc1c(-c2ccccc2O)[nH]n(-c2ccccc2)c1=O.Cc1ccc(OC(C)C(=O)Cc2cccc(-n3c(O)c(C)c(=O)n3-c3cccc(CC(=O)C(C)Oc4ccc(C)cc4C)c3)c2)c(C)c1. The monoisotopic (exact) mass is 1660 g/mol. The lowest BCUT2D eigenvalue weighted by molar-refractivity contribution is -0.144. The number of phenolic OH excluding ortho intramolecular Hbond substituents is 1. The number of anilines is 1. The van der Waals surface area contributed by atoms with Gasteiger partial charge in [0.15, 0.2) is 23.8 Å². The summed E-state index contributed by atoms with van der Waals surface area (Å²) in [6.07, 6.45) is 9.24. The Morgan fingerprint density at radius 1 is 0.451 bits per heavy atom. The summed E-state index contributed by atoms with van der Waals surface area (Å²) in [6.45, 7) is 33.1. The molecule has 23 nitrogen and oxygen atoms in total. The van der Waals surface area contributed by atoms with Crippen molar-refractivity contribution in [2.45, 2.75) is 220 Å². The second kappa shape index (κ2) is 43.3. The Kier molecular flexibility index (Phi) is 33.0. The van der Waals surface area contributed by atoms with Crippen molar-refractivity contribution in [3.05, 3.63) is 301 Å². The van der Waals surface area contributed by atoms with Crippen LogP contribution in [0.25, 0.3) is 34.0 Å². The number of esters is 1. The summed E-state index contributed by atoms with van der Waals surface area (Å²) in [5.41, 5.74) is 16.4. The summed E-state index contributed by atoms with van der Waals surface area (Å²) in [6, 6.07) is 53.8. The van der Waals surface area contributed by atoms with E-state index in [0.29, 0.717) is 92.9 Å². The number of aromatic nitrogens is 8. The molecular formula is C99H119N9O14. The lowest BCUT2D eigenvalue weighted by Crippen LogP contribution is -2.26. The van der Waals surface area contributed by atoms with Crippen LogP contribution in [0.5, 0.6) is 29.0 Å². The molecule has 0 bridgehead atoms. The van der Waals surface area contributed by atoms with E-state index < -0.39 is 17.8 Å². The highest BCUT2D eigenvalue weighted by molar-refractivity contribution is 5.94.